The summed E-state index contributed by atoms with van der Waals surface area (Å²) in [7, 11) is 0. The molecule has 3 aromatic carbocycles. The van der Waals surface area contributed by atoms with Crippen LogP contribution in [0.15, 0.2) is 60.7 Å². The zero-order chi connectivity index (χ0) is 29.8. The lowest BCUT2D eigenvalue weighted by molar-refractivity contribution is -0.120. The van der Waals surface area contributed by atoms with Gasteiger partial charge in [-0.3, -0.25) is 14.4 Å². The van der Waals surface area contributed by atoms with Crippen molar-refractivity contribution in [3.8, 4) is 0 Å². The predicted octanol–water partition coefficient (Wildman–Crippen LogP) is 4.91. The summed E-state index contributed by atoms with van der Waals surface area (Å²) in [5, 5.41) is 8.73. The topological polar surface area (TPSA) is 108 Å². The Hall–Kier alpha value is -4.17. The highest BCUT2D eigenvalue weighted by Gasteiger charge is 2.31. The van der Waals surface area contributed by atoms with Crippen LogP contribution < -0.4 is 16.0 Å². The summed E-state index contributed by atoms with van der Waals surface area (Å²) in [5.41, 5.74) is 5.26. The Kier molecular flexibility index (Phi) is 8.92. The number of amides is 4. The Morgan fingerprint density at radius 3 is 2.55 bits per heavy atom. The van der Waals surface area contributed by atoms with E-state index in [1.165, 1.54) is 5.56 Å². The lowest BCUT2D eigenvalue weighted by atomic mass is 9.92. The van der Waals surface area contributed by atoms with Crippen LogP contribution in [0.1, 0.15) is 74.3 Å². The molecule has 0 spiro atoms. The van der Waals surface area contributed by atoms with Gasteiger partial charge in [0.05, 0.1) is 16.6 Å². The average Bonchev–Trinajstić information content (AvgIpc) is 3.39. The highest BCUT2D eigenvalue weighted by Crippen LogP contribution is 2.33. The van der Waals surface area contributed by atoms with Crippen molar-refractivity contribution in [3.63, 3.8) is 0 Å². The number of carbonyl (C=O) groups is 4. The number of urea groups is 1. The van der Waals surface area contributed by atoms with E-state index in [0.717, 1.165) is 24.0 Å². The molecule has 9 heteroatoms. The van der Waals surface area contributed by atoms with Gasteiger partial charge in [-0.25, -0.2) is 4.79 Å². The van der Waals surface area contributed by atoms with Gasteiger partial charge >= 0.3 is 6.03 Å². The minimum atomic E-state index is -0.932. The number of fused-ring (bicyclic) bond motifs is 2. The molecule has 3 N–H and O–H groups in total. The van der Waals surface area contributed by atoms with Crippen LogP contribution >= 0.6 is 11.6 Å². The number of Topliss-reactive ketones (excluding diaryl/α,β-unsaturated/α-hetero) is 1. The van der Waals surface area contributed by atoms with Crippen molar-refractivity contribution in [3.05, 3.63) is 105 Å². The SMILES string of the molecule is CCC(=O)[C@H](CNC(=O)NC1CCc2ccccc21)NC(=O)c1c(C)cc2c(c1Cl)CCN(Cc1ccccc1)C2=O. The van der Waals surface area contributed by atoms with Gasteiger partial charge in [0.2, 0.25) is 0 Å². The minimum absolute atomic E-state index is 0.0623. The van der Waals surface area contributed by atoms with Crippen LogP contribution in [-0.4, -0.2) is 47.7 Å². The highest BCUT2D eigenvalue weighted by molar-refractivity contribution is 6.35. The number of benzene rings is 3. The van der Waals surface area contributed by atoms with E-state index in [-0.39, 0.29) is 41.3 Å². The second kappa shape index (κ2) is 12.8. The van der Waals surface area contributed by atoms with Gasteiger partial charge in [-0.15, -0.1) is 0 Å². The van der Waals surface area contributed by atoms with E-state index in [1.54, 1.807) is 24.8 Å². The number of hydrogen-bond acceptors (Lipinski definition) is 4. The van der Waals surface area contributed by atoms with E-state index in [2.05, 4.69) is 22.0 Å². The van der Waals surface area contributed by atoms with Crippen molar-refractivity contribution in [2.24, 2.45) is 0 Å². The largest absolute Gasteiger partial charge is 0.340 e. The molecule has 8 nitrogen and oxygen atoms in total. The van der Waals surface area contributed by atoms with Crippen molar-refractivity contribution >= 4 is 35.2 Å². The summed E-state index contributed by atoms with van der Waals surface area (Å²) in [6, 6.07) is 18.1. The van der Waals surface area contributed by atoms with Gasteiger partial charge in [-0.1, -0.05) is 73.1 Å². The maximum Gasteiger partial charge on any atom is 0.315 e. The molecule has 1 aliphatic carbocycles. The second-order valence-corrected chi connectivity index (χ2v) is 11.2. The third-order valence-electron chi connectivity index (χ3n) is 8.10. The molecule has 4 amide bonds. The molecule has 2 atom stereocenters. The average molecular weight is 587 g/mol. The number of nitrogens with zero attached hydrogens (tertiary/aromatic N) is 1. The first-order valence-electron chi connectivity index (χ1n) is 14.4. The van der Waals surface area contributed by atoms with Gasteiger partial charge in [-0.05, 0) is 60.1 Å². The normalized spacial score (nSPS) is 16.3. The fourth-order valence-corrected chi connectivity index (χ4v) is 6.27. The van der Waals surface area contributed by atoms with Gasteiger partial charge in [0.15, 0.2) is 5.78 Å². The van der Waals surface area contributed by atoms with Gasteiger partial charge < -0.3 is 20.9 Å². The number of aryl methyl sites for hydroxylation is 2. The molecule has 1 unspecified atom stereocenters. The van der Waals surface area contributed by atoms with E-state index in [0.29, 0.717) is 36.2 Å². The van der Waals surface area contributed by atoms with E-state index in [1.807, 2.05) is 48.5 Å². The molecule has 3 aromatic rings. The van der Waals surface area contributed by atoms with E-state index in [4.69, 9.17) is 11.6 Å². The van der Waals surface area contributed by atoms with Gasteiger partial charge in [0.25, 0.3) is 11.8 Å². The number of halogens is 1. The molecule has 0 fully saturated rings. The van der Waals surface area contributed by atoms with Crippen LogP contribution in [0.5, 0.6) is 0 Å². The third-order valence-corrected chi connectivity index (χ3v) is 8.52. The Balaban J connectivity index is 1.26. The molecule has 218 valence electrons. The van der Waals surface area contributed by atoms with Crippen molar-refractivity contribution in [2.45, 2.75) is 58.2 Å². The fourth-order valence-electron chi connectivity index (χ4n) is 5.84. The summed E-state index contributed by atoms with van der Waals surface area (Å²) in [6.45, 7) is 4.35. The quantitative estimate of drug-likeness (QED) is 0.331. The zero-order valence-corrected chi connectivity index (χ0v) is 24.6. The Morgan fingerprint density at radius 1 is 1.05 bits per heavy atom. The summed E-state index contributed by atoms with van der Waals surface area (Å²) < 4.78 is 0. The number of ketones is 1. The summed E-state index contributed by atoms with van der Waals surface area (Å²) >= 11 is 6.76. The maximum atomic E-state index is 13.5. The molecule has 0 aromatic heterocycles. The van der Waals surface area contributed by atoms with Crippen LogP contribution in [0, 0.1) is 6.92 Å². The van der Waals surface area contributed by atoms with Crippen molar-refractivity contribution in [2.75, 3.05) is 13.1 Å². The van der Waals surface area contributed by atoms with Crippen molar-refractivity contribution in [1.82, 2.24) is 20.9 Å². The molecule has 1 aliphatic heterocycles. The first-order valence-corrected chi connectivity index (χ1v) is 14.8. The monoisotopic (exact) mass is 586 g/mol. The lowest BCUT2D eigenvalue weighted by Gasteiger charge is -2.30. The molecule has 0 bridgehead atoms. The summed E-state index contributed by atoms with van der Waals surface area (Å²) in [4.78, 5) is 54.1. The molecule has 0 radical (unpaired) electrons. The highest BCUT2D eigenvalue weighted by atomic mass is 35.5. The van der Waals surface area contributed by atoms with Crippen LogP contribution in [0.25, 0.3) is 0 Å². The Morgan fingerprint density at radius 2 is 1.79 bits per heavy atom. The standard InChI is InChI=1S/C33H35ClN4O4/c1-3-28(39)27(18-35-33(42)37-26-14-13-22-11-7-8-12-23(22)26)36-31(40)29-20(2)17-25-24(30(29)34)15-16-38(32(25)41)19-21-9-5-4-6-10-21/h4-12,17,26-27H,3,13-16,18-19H2,1-2H3,(H,36,40)(H2,35,37,42)/t26?,27-/m0/s1. The smallest absolute Gasteiger partial charge is 0.315 e. The number of rotatable bonds is 9. The van der Waals surface area contributed by atoms with Crippen LogP contribution in [0.2, 0.25) is 5.02 Å². The molecule has 2 aliphatic rings. The van der Waals surface area contributed by atoms with E-state index >= 15 is 0 Å². The Labute approximate surface area is 250 Å². The molecule has 5 rings (SSSR count). The first kappa shape index (κ1) is 29.3. The minimum Gasteiger partial charge on any atom is -0.340 e. The first-order chi connectivity index (χ1) is 20.3. The molecule has 0 saturated heterocycles. The van der Waals surface area contributed by atoms with Crippen molar-refractivity contribution < 1.29 is 19.2 Å². The predicted molar refractivity (Wildman–Crippen MR) is 162 cm³/mol. The second-order valence-electron chi connectivity index (χ2n) is 10.9. The van der Waals surface area contributed by atoms with Crippen LogP contribution in [-0.2, 0) is 24.2 Å². The van der Waals surface area contributed by atoms with Gasteiger partial charge in [-0.2, -0.15) is 0 Å². The third kappa shape index (κ3) is 6.19. The number of hydrogen-bond donors (Lipinski definition) is 3. The molecule has 1 heterocycles. The molecule has 42 heavy (non-hydrogen) atoms. The van der Waals surface area contributed by atoms with Gasteiger partial charge in [0.1, 0.15) is 6.04 Å². The van der Waals surface area contributed by atoms with E-state index < -0.39 is 18.0 Å². The Bertz CT molecular complexity index is 1520. The zero-order valence-electron chi connectivity index (χ0n) is 23.8. The summed E-state index contributed by atoms with van der Waals surface area (Å²) in [6.07, 6.45) is 2.40. The summed E-state index contributed by atoms with van der Waals surface area (Å²) in [5.74, 6) is -0.859. The molecular weight excluding hydrogens is 552 g/mol. The number of carbonyl (C=O) groups excluding carboxylic acids is 4. The van der Waals surface area contributed by atoms with Crippen LogP contribution in [0.4, 0.5) is 4.79 Å². The molecule has 0 saturated carbocycles. The van der Waals surface area contributed by atoms with Crippen LogP contribution in [0.3, 0.4) is 0 Å². The van der Waals surface area contributed by atoms with Gasteiger partial charge in [0, 0.05) is 31.6 Å². The molecular formula is C33H35ClN4O4. The number of nitrogens with one attached hydrogen (secondary N) is 3. The van der Waals surface area contributed by atoms with E-state index in [9.17, 15) is 19.2 Å². The maximum absolute atomic E-state index is 13.5. The lowest BCUT2D eigenvalue weighted by Crippen LogP contribution is -2.50. The van der Waals surface area contributed by atoms with Crippen molar-refractivity contribution in [1.29, 1.82) is 0 Å². The fraction of sp³-hybridized carbons (Fsp3) is 0.333.